The molecule has 3 nitrogen and oxygen atoms in total. The molecule has 3 heteroatoms. The van der Waals surface area contributed by atoms with Gasteiger partial charge >= 0.3 is 5.97 Å². The van der Waals surface area contributed by atoms with E-state index >= 15 is 0 Å². The Morgan fingerprint density at radius 2 is 1.68 bits per heavy atom. The molecule has 2 aromatic rings. The molecule has 0 amide bonds. The maximum absolute atomic E-state index is 12.1. The van der Waals surface area contributed by atoms with Gasteiger partial charge in [0.1, 0.15) is 6.10 Å². The van der Waals surface area contributed by atoms with Gasteiger partial charge in [0.2, 0.25) is 0 Å². The Hall–Kier alpha value is -2.39. The Kier molecular flexibility index (Phi) is 7.44. The highest BCUT2D eigenvalue weighted by atomic mass is 16.5. The van der Waals surface area contributed by atoms with Gasteiger partial charge in [0.15, 0.2) is 0 Å². The van der Waals surface area contributed by atoms with E-state index in [-0.39, 0.29) is 12.1 Å². The number of ether oxygens (including phenoxy) is 1. The molecular formula is C25H31NO2. The van der Waals surface area contributed by atoms with Crippen LogP contribution >= 0.6 is 0 Å². The van der Waals surface area contributed by atoms with Gasteiger partial charge in [0.05, 0.1) is 6.42 Å². The van der Waals surface area contributed by atoms with Crippen molar-refractivity contribution in [2.75, 3.05) is 14.1 Å². The lowest BCUT2D eigenvalue weighted by Crippen LogP contribution is -2.23. The molecule has 0 N–H and O–H groups in total. The van der Waals surface area contributed by atoms with Crippen molar-refractivity contribution in [1.82, 2.24) is 4.90 Å². The van der Waals surface area contributed by atoms with E-state index in [1.165, 1.54) is 11.1 Å². The molecule has 0 unspecified atom stereocenters. The van der Waals surface area contributed by atoms with E-state index in [1.807, 2.05) is 42.5 Å². The average Bonchev–Trinajstić information content (AvgIpc) is 2.70. The van der Waals surface area contributed by atoms with Gasteiger partial charge in [-0.1, -0.05) is 66.7 Å². The number of carbonyl (C=O) groups is 1. The molecule has 148 valence electrons. The lowest BCUT2D eigenvalue weighted by Gasteiger charge is -2.28. The van der Waals surface area contributed by atoms with E-state index in [0.717, 1.165) is 37.8 Å². The van der Waals surface area contributed by atoms with Crippen molar-refractivity contribution in [2.45, 2.75) is 50.7 Å². The van der Waals surface area contributed by atoms with E-state index in [9.17, 15) is 4.79 Å². The summed E-state index contributed by atoms with van der Waals surface area (Å²) in [4.78, 5) is 14.3. The smallest absolute Gasteiger partial charge is 0.309 e. The predicted molar refractivity (Wildman–Crippen MR) is 115 cm³/mol. The van der Waals surface area contributed by atoms with Crippen LogP contribution in [0.2, 0.25) is 0 Å². The SMILES string of the molecule is CN(C)Cc1ccc([C@H]2CC[C@@H](OC(=O)C/C=C/c3ccccc3)CC2)cc1. The summed E-state index contributed by atoms with van der Waals surface area (Å²) in [5.41, 5.74) is 3.87. The van der Waals surface area contributed by atoms with Gasteiger partial charge in [-0.2, -0.15) is 0 Å². The molecule has 0 bridgehead atoms. The highest BCUT2D eigenvalue weighted by Gasteiger charge is 2.24. The number of benzene rings is 2. The van der Waals surface area contributed by atoms with E-state index in [1.54, 1.807) is 0 Å². The van der Waals surface area contributed by atoms with Crippen LogP contribution in [0.5, 0.6) is 0 Å². The van der Waals surface area contributed by atoms with Crippen LogP contribution in [0, 0.1) is 0 Å². The van der Waals surface area contributed by atoms with Crippen molar-refractivity contribution in [3.8, 4) is 0 Å². The maximum Gasteiger partial charge on any atom is 0.309 e. The van der Waals surface area contributed by atoms with Gasteiger partial charge in [-0.05, 0) is 62.4 Å². The highest BCUT2D eigenvalue weighted by molar-refractivity contribution is 5.72. The second kappa shape index (κ2) is 10.2. The van der Waals surface area contributed by atoms with Gasteiger partial charge in [-0.15, -0.1) is 0 Å². The summed E-state index contributed by atoms with van der Waals surface area (Å²) < 4.78 is 5.68. The molecule has 28 heavy (non-hydrogen) atoms. The van der Waals surface area contributed by atoms with Crippen LogP contribution in [0.25, 0.3) is 6.08 Å². The first kappa shape index (κ1) is 20.3. The molecular weight excluding hydrogens is 346 g/mol. The second-order valence-electron chi connectivity index (χ2n) is 7.96. The Morgan fingerprint density at radius 3 is 2.32 bits per heavy atom. The minimum absolute atomic E-state index is 0.0712. The van der Waals surface area contributed by atoms with Crippen LogP contribution in [-0.4, -0.2) is 31.1 Å². The number of rotatable bonds is 7. The first-order valence-electron chi connectivity index (χ1n) is 10.2. The minimum atomic E-state index is -0.122. The van der Waals surface area contributed by atoms with Crippen LogP contribution in [0.4, 0.5) is 0 Å². The zero-order valence-corrected chi connectivity index (χ0v) is 17.0. The normalized spacial score (nSPS) is 19.8. The van der Waals surface area contributed by atoms with Gasteiger partial charge in [-0.25, -0.2) is 0 Å². The fourth-order valence-corrected chi connectivity index (χ4v) is 3.86. The molecule has 0 aliphatic heterocycles. The lowest BCUT2D eigenvalue weighted by atomic mass is 9.82. The molecule has 0 heterocycles. The summed E-state index contributed by atoms with van der Waals surface area (Å²) in [6, 6.07) is 19.0. The van der Waals surface area contributed by atoms with Crippen LogP contribution in [0.1, 0.15) is 54.7 Å². The number of carbonyl (C=O) groups excluding carboxylic acids is 1. The van der Waals surface area contributed by atoms with Crippen LogP contribution in [0.15, 0.2) is 60.7 Å². The van der Waals surface area contributed by atoms with Crippen LogP contribution in [0.3, 0.4) is 0 Å². The summed E-state index contributed by atoms with van der Waals surface area (Å²) in [5.74, 6) is 0.463. The van der Waals surface area contributed by atoms with E-state index in [0.29, 0.717) is 12.3 Å². The van der Waals surface area contributed by atoms with Crippen molar-refractivity contribution in [1.29, 1.82) is 0 Å². The first-order chi connectivity index (χ1) is 13.6. The first-order valence-corrected chi connectivity index (χ1v) is 10.2. The van der Waals surface area contributed by atoms with Crippen molar-refractivity contribution >= 4 is 12.0 Å². The van der Waals surface area contributed by atoms with E-state index in [2.05, 4.69) is 43.3 Å². The molecule has 1 aliphatic rings. The standard InChI is InChI=1S/C25H31NO2/c1-26(2)19-21-11-13-22(14-12-21)23-15-17-24(18-16-23)28-25(27)10-6-9-20-7-4-3-5-8-20/h3-9,11-14,23-24H,10,15-19H2,1-2H3/b9-6+/t23-,24+. The predicted octanol–water partition coefficient (Wildman–Crippen LogP) is 5.42. The zero-order valence-electron chi connectivity index (χ0n) is 17.0. The number of esters is 1. The molecule has 1 aliphatic carbocycles. The van der Waals surface area contributed by atoms with Crippen molar-refractivity contribution < 1.29 is 9.53 Å². The van der Waals surface area contributed by atoms with Crippen molar-refractivity contribution in [2.24, 2.45) is 0 Å². The minimum Gasteiger partial charge on any atom is -0.462 e. The summed E-state index contributed by atoms with van der Waals surface area (Å²) in [7, 11) is 4.18. The number of nitrogens with zero attached hydrogens (tertiary/aromatic N) is 1. The third-order valence-electron chi connectivity index (χ3n) is 5.32. The molecule has 2 aromatic carbocycles. The van der Waals surface area contributed by atoms with Crippen LogP contribution in [-0.2, 0) is 16.1 Å². The van der Waals surface area contributed by atoms with E-state index in [4.69, 9.17) is 4.74 Å². The average molecular weight is 378 g/mol. The summed E-state index contributed by atoms with van der Waals surface area (Å²) in [6.07, 6.45) is 8.35. The molecule has 1 fully saturated rings. The molecule has 0 radical (unpaired) electrons. The Morgan fingerprint density at radius 1 is 1.00 bits per heavy atom. The monoisotopic (exact) mass is 377 g/mol. The molecule has 3 rings (SSSR count). The number of hydrogen-bond acceptors (Lipinski definition) is 3. The van der Waals surface area contributed by atoms with Crippen LogP contribution < -0.4 is 0 Å². The Balaban J connectivity index is 1.41. The lowest BCUT2D eigenvalue weighted by molar-refractivity contribution is -0.149. The Labute approximate surface area is 169 Å². The van der Waals surface area contributed by atoms with Gasteiger partial charge < -0.3 is 9.64 Å². The summed E-state index contributed by atoms with van der Waals surface area (Å²) in [6.45, 7) is 0.974. The summed E-state index contributed by atoms with van der Waals surface area (Å²) >= 11 is 0. The third kappa shape index (κ3) is 6.35. The molecule has 1 saturated carbocycles. The molecule has 0 aromatic heterocycles. The molecule has 0 saturated heterocycles. The zero-order chi connectivity index (χ0) is 19.8. The van der Waals surface area contributed by atoms with Crippen molar-refractivity contribution in [3.63, 3.8) is 0 Å². The van der Waals surface area contributed by atoms with Crippen molar-refractivity contribution in [3.05, 3.63) is 77.4 Å². The fraction of sp³-hybridized carbons (Fsp3) is 0.400. The van der Waals surface area contributed by atoms with E-state index < -0.39 is 0 Å². The van der Waals surface area contributed by atoms with Gasteiger partial charge in [-0.3, -0.25) is 4.79 Å². The van der Waals surface area contributed by atoms with Gasteiger partial charge in [0.25, 0.3) is 0 Å². The second-order valence-corrected chi connectivity index (χ2v) is 7.96. The third-order valence-corrected chi connectivity index (χ3v) is 5.32. The molecule has 0 atom stereocenters. The molecule has 0 spiro atoms. The largest absolute Gasteiger partial charge is 0.462 e. The summed E-state index contributed by atoms with van der Waals surface area (Å²) in [5, 5.41) is 0. The Bertz CT molecular complexity index is 757. The quantitative estimate of drug-likeness (QED) is 0.603. The highest BCUT2D eigenvalue weighted by Crippen LogP contribution is 2.34. The van der Waals surface area contributed by atoms with Gasteiger partial charge in [0, 0.05) is 6.54 Å². The topological polar surface area (TPSA) is 29.5 Å². The fourth-order valence-electron chi connectivity index (χ4n) is 3.86. The number of hydrogen-bond donors (Lipinski definition) is 0. The maximum atomic E-state index is 12.1.